The minimum Gasteiger partial charge on any atom is -0.322 e. The number of hydrogen-bond donors (Lipinski definition) is 2. The van der Waals surface area contributed by atoms with Crippen LogP contribution < -0.4 is 10.6 Å². The quantitative estimate of drug-likeness (QED) is 0.491. The third kappa shape index (κ3) is 4.71. The third-order valence-electron chi connectivity index (χ3n) is 3.31. The lowest BCUT2D eigenvalue weighted by Crippen LogP contribution is -2.18. The Kier molecular flexibility index (Phi) is 5.64. The van der Waals surface area contributed by atoms with E-state index in [1.54, 1.807) is 18.2 Å². The fraction of sp³-hybridized carbons (Fsp3) is 0.176. The van der Waals surface area contributed by atoms with E-state index in [4.69, 9.17) is 23.2 Å². The van der Waals surface area contributed by atoms with E-state index in [9.17, 15) is 4.79 Å². The molecule has 0 aliphatic rings. The molecule has 0 saturated heterocycles. The van der Waals surface area contributed by atoms with Gasteiger partial charge in [-0.25, -0.2) is 5.32 Å². The van der Waals surface area contributed by atoms with Crippen LogP contribution in [0.3, 0.4) is 0 Å². The molecule has 0 fully saturated rings. The van der Waals surface area contributed by atoms with E-state index in [2.05, 4.69) is 10.6 Å². The first kappa shape index (κ1) is 17.3. The first-order valence-electron chi connectivity index (χ1n) is 7.01. The summed E-state index contributed by atoms with van der Waals surface area (Å²) in [6.45, 7) is 1.98. The van der Waals surface area contributed by atoms with Gasteiger partial charge in [-0.15, -0.1) is 0 Å². The van der Waals surface area contributed by atoms with Crippen LogP contribution >= 0.6 is 23.2 Å². The predicted octanol–water partition coefficient (Wildman–Crippen LogP) is 4.35. The Morgan fingerprint density at radius 3 is 2.04 bits per heavy atom. The van der Waals surface area contributed by atoms with E-state index in [1.165, 1.54) is 0 Å². The minimum atomic E-state index is -0.275. The molecule has 2 aromatic rings. The third-order valence-corrected chi connectivity index (χ3v) is 3.86. The Morgan fingerprint density at radius 1 is 0.957 bits per heavy atom. The normalized spacial score (nSPS) is 10.1. The summed E-state index contributed by atoms with van der Waals surface area (Å²) in [7, 11) is 3.93. The van der Waals surface area contributed by atoms with E-state index >= 15 is 0 Å². The van der Waals surface area contributed by atoms with Crippen molar-refractivity contribution in [3.05, 3.63) is 58.1 Å². The molecule has 2 N–H and O–H groups in total. The highest BCUT2D eigenvalue weighted by atomic mass is 35.5. The summed E-state index contributed by atoms with van der Waals surface area (Å²) in [6.07, 6.45) is 0. The molecule has 120 valence electrons. The average molecular weight is 351 g/mol. The Morgan fingerprint density at radius 2 is 1.52 bits per heavy atom. The topological polar surface area (TPSA) is 44.1 Å². The van der Waals surface area contributed by atoms with E-state index < -0.39 is 0 Å². The van der Waals surface area contributed by atoms with Gasteiger partial charge in [0.1, 0.15) is 5.69 Å². The second-order valence-corrected chi connectivity index (χ2v) is 6.10. The monoisotopic (exact) mass is 350 g/mol. The summed E-state index contributed by atoms with van der Waals surface area (Å²) >= 11 is 11.9. The molecule has 0 aliphatic heterocycles. The Labute approximate surface area is 145 Å². The lowest BCUT2D eigenvalue weighted by Gasteiger charge is -2.08. The molecule has 0 aliphatic carbocycles. The highest BCUT2D eigenvalue weighted by Crippen LogP contribution is 2.22. The number of nitrogens with zero attached hydrogens (tertiary/aromatic N) is 1. The maximum atomic E-state index is 12.2. The molecule has 0 spiro atoms. The summed E-state index contributed by atoms with van der Waals surface area (Å²) in [5.41, 5.74) is 2.02. The van der Waals surface area contributed by atoms with Crippen LogP contribution in [0.1, 0.15) is 17.3 Å². The molecule has 2 aromatic carbocycles. The van der Waals surface area contributed by atoms with Gasteiger partial charge in [-0.1, -0.05) is 23.2 Å². The number of amidine groups is 1. The first-order valence-corrected chi connectivity index (χ1v) is 7.77. The molecular formula is C17H18Cl2N3O+. The number of carbonyl (C=O) groups excluding carboxylic acids is 1. The molecule has 1 amide bonds. The molecule has 0 atom stereocenters. The Hall–Kier alpha value is -2.04. The van der Waals surface area contributed by atoms with Crippen LogP contribution in [0.5, 0.6) is 0 Å². The van der Waals surface area contributed by atoms with E-state index in [0.717, 1.165) is 11.5 Å². The van der Waals surface area contributed by atoms with Crippen LogP contribution in [0.4, 0.5) is 11.4 Å². The van der Waals surface area contributed by atoms with Gasteiger partial charge in [0.15, 0.2) is 0 Å². The summed E-state index contributed by atoms with van der Waals surface area (Å²) < 4.78 is 1.98. The number of benzene rings is 2. The van der Waals surface area contributed by atoms with Crippen molar-refractivity contribution in [3.63, 3.8) is 0 Å². The van der Waals surface area contributed by atoms with Crippen LogP contribution in [-0.4, -0.2) is 30.4 Å². The van der Waals surface area contributed by atoms with Gasteiger partial charge in [0.25, 0.3) is 5.91 Å². The largest absolute Gasteiger partial charge is 0.322 e. The maximum Gasteiger partial charge on any atom is 0.257 e. The lowest BCUT2D eigenvalue weighted by atomic mass is 10.2. The smallest absolute Gasteiger partial charge is 0.257 e. The van der Waals surface area contributed by atoms with E-state index in [1.807, 2.05) is 49.9 Å². The average Bonchev–Trinajstić information content (AvgIpc) is 2.48. The standard InChI is InChI=1S/C17H17Cl2N3O/c1-11(22(2)3)20-13-5-7-14(8-6-13)21-17(23)15-9-4-12(18)10-16(15)19/h4-10H,1-3H3,(H,21,23)/p+1. The number of hydrogen-bond acceptors (Lipinski definition) is 1. The summed E-state index contributed by atoms with van der Waals surface area (Å²) in [5, 5.41) is 6.89. The van der Waals surface area contributed by atoms with Crippen molar-refractivity contribution in [2.75, 3.05) is 24.7 Å². The molecule has 0 saturated carbocycles. The van der Waals surface area contributed by atoms with E-state index in [0.29, 0.717) is 21.3 Å². The number of carbonyl (C=O) groups is 1. The van der Waals surface area contributed by atoms with Crippen LogP contribution in [0.15, 0.2) is 42.5 Å². The second-order valence-electron chi connectivity index (χ2n) is 5.26. The van der Waals surface area contributed by atoms with Gasteiger partial charge in [0.2, 0.25) is 5.84 Å². The molecule has 0 unspecified atom stereocenters. The van der Waals surface area contributed by atoms with Crippen molar-refractivity contribution < 1.29 is 9.37 Å². The minimum absolute atomic E-state index is 0.275. The van der Waals surface area contributed by atoms with Crippen LogP contribution in [-0.2, 0) is 0 Å². The molecule has 23 heavy (non-hydrogen) atoms. The van der Waals surface area contributed by atoms with Gasteiger partial charge in [0.05, 0.1) is 24.7 Å². The number of nitrogens with one attached hydrogen (secondary N) is 2. The van der Waals surface area contributed by atoms with Gasteiger partial charge in [0, 0.05) is 17.6 Å². The van der Waals surface area contributed by atoms with Gasteiger partial charge in [-0.3, -0.25) is 9.37 Å². The molecule has 0 heterocycles. The Balaban J connectivity index is 2.09. The lowest BCUT2D eigenvalue weighted by molar-refractivity contribution is -0.464. The molecule has 4 nitrogen and oxygen atoms in total. The molecular weight excluding hydrogens is 333 g/mol. The van der Waals surface area contributed by atoms with Gasteiger partial charge >= 0.3 is 0 Å². The predicted molar refractivity (Wildman–Crippen MR) is 97.3 cm³/mol. The number of amides is 1. The number of rotatable bonds is 3. The molecule has 0 bridgehead atoms. The van der Waals surface area contributed by atoms with Crippen molar-refractivity contribution in [1.29, 1.82) is 0 Å². The van der Waals surface area contributed by atoms with Crippen molar-refractivity contribution >= 4 is 46.3 Å². The van der Waals surface area contributed by atoms with Crippen LogP contribution in [0, 0.1) is 0 Å². The van der Waals surface area contributed by atoms with Crippen molar-refractivity contribution in [3.8, 4) is 0 Å². The fourth-order valence-electron chi connectivity index (χ4n) is 1.83. The van der Waals surface area contributed by atoms with Crippen LogP contribution in [0.2, 0.25) is 10.0 Å². The fourth-order valence-corrected chi connectivity index (χ4v) is 2.32. The van der Waals surface area contributed by atoms with Crippen LogP contribution in [0.25, 0.3) is 0 Å². The molecule has 0 aromatic heterocycles. The van der Waals surface area contributed by atoms with Crippen molar-refractivity contribution in [1.82, 2.24) is 0 Å². The molecule has 0 radical (unpaired) electrons. The number of anilines is 2. The zero-order chi connectivity index (χ0) is 17.0. The first-order chi connectivity index (χ1) is 10.9. The molecule has 6 heteroatoms. The van der Waals surface area contributed by atoms with Crippen molar-refractivity contribution in [2.45, 2.75) is 6.92 Å². The summed E-state index contributed by atoms with van der Waals surface area (Å²) in [4.78, 5) is 12.2. The van der Waals surface area contributed by atoms with Crippen molar-refractivity contribution in [2.24, 2.45) is 0 Å². The van der Waals surface area contributed by atoms with Gasteiger partial charge < -0.3 is 5.32 Å². The van der Waals surface area contributed by atoms with Gasteiger partial charge in [-0.2, -0.15) is 0 Å². The van der Waals surface area contributed by atoms with Gasteiger partial charge in [-0.05, 0) is 42.5 Å². The number of halogens is 2. The summed E-state index contributed by atoms with van der Waals surface area (Å²) in [6, 6.07) is 12.2. The maximum absolute atomic E-state index is 12.2. The molecule has 2 rings (SSSR count). The highest BCUT2D eigenvalue weighted by molar-refractivity contribution is 6.37. The Bertz CT molecular complexity index is 751. The van der Waals surface area contributed by atoms with E-state index in [-0.39, 0.29) is 5.91 Å². The SMILES string of the molecule is CC(Nc1ccc(NC(=O)c2ccc(Cl)cc2Cl)cc1)=[N+](C)C. The highest BCUT2D eigenvalue weighted by Gasteiger charge is 2.11. The zero-order valence-corrected chi connectivity index (χ0v) is 14.7. The second kappa shape index (κ2) is 7.49. The summed E-state index contributed by atoms with van der Waals surface area (Å²) in [5.74, 6) is 0.748. The zero-order valence-electron chi connectivity index (χ0n) is 13.2.